The van der Waals surface area contributed by atoms with Crippen LogP contribution in [-0.2, 0) is 6.54 Å². The molecule has 0 aliphatic rings. The molecule has 5 nitrogen and oxygen atoms in total. The zero-order valence-electron chi connectivity index (χ0n) is 12.5. The van der Waals surface area contributed by atoms with Gasteiger partial charge in [0.1, 0.15) is 12.0 Å². The molecule has 2 aromatic rings. The van der Waals surface area contributed by atoms with Gasteiger partial charge in [0, 0.05) is 18.8 Å². The first kappa shape index (κ1) is 15.3. The summed E-state index contributed by atoms with van der Waals surface area (Å²) in [6, 6.07) is 11.3. The van der Waals surface area contributed by atoms with Crippen LogP contribution in [-0.4, -0.2) is 38.0 Å². The second kappa shape index (κ2) is 7.06. The Morgan fingerprint density at radius 1 is 1.19 bits per heavy atom. The SMILES string of the molecule is CN(C)CCN(C(=O)c1coc(CN)c1)c1ccccc1. The van der Waals surface area contributed by atoms with Gasteiger partial charge in [-0.1, -0.05) is 18.2 Å². The number of carbonyl (C=O) groups is 1. The molecule has 112 valence electrons. The van der Waals surface area contributed by atoms with E-state index in [-0.39, 0.29) is 12.5 Å². The van der Waals surface area contributed by atoms with Crippen molar-refractivity contribution in [2.24, 2.45) is 5.73 Å². The highest BCUT2D eigenvalue weighted by molar-refractivity contribution is 6.06. The quantitative estimate of drug-likeness (QED) is 0.882. The molecule has 0 radical (unpaired) electrons. The van der Waals surface area contributed by atoms with Crippen molar-refractivity contribution in [1.29, 1.82) is 0 Å². The number of hydrogen-bond donors (Lipinski definition) is 1. The standard InChI is InChI=1S/C16H21N3O2/c1-18(2)8-9-19(14-6-4-3-5-7-14)16(20)13-10-15(11-17)21-12-13/h3-7,10,12H,8-9,11,17H2,1-2H3. The molecule has 0 aliphatic carbocycles. The largest absolute Gasteiger partial charge is 0.467 e. The Balaban J connectivity index is 2.23. The molecule has 2 rings (SSSR count). The molecule has 0 unspecified atom stereocenters. The summed E-state index contributed by atoms with van der Waals surface area (Å²) in [7, 11) is 3.97. The number of amides is 1. The highest BCUT2D eigenvalue weighted by atomic mass is 16.3. The minimum Gasteiger partial charge on any atom is -0.467 e. The van der Waals surface area contributed by atoms with E-state index in [1.54, 1.807) is 11.0 Å². The normalized spacial score (nSPS) is 10.9. The first-order chi connectivity index (χ1) is 10.1. The third kappa shape index (κ3) is 3.93. The number of nitrogens with zero attached hydrogens (tertiary/aromatic N) is 2. The van der Waals surface area contributed by atoms with Gasteiger partial charge in [-0.05, 0) is 32.3 Å². The summed E-state index contributed by atoms with van der Waals surface area (Å²) >= 11 is 0. The molecule has 0 aliphatic heterocycles. The maximum Gasteiger partial charge on any atom is 0.261 e. The van der Waals surface area contributed by atoms with Crippen molar-refractivity contribution in [3.63, 3.8) is 0 Å². The fourth-order valence-corrected chi connectivity index (χ4v) is 2.01. The fraction of sp³-hybridized carbons (Fsp3) is 0.312. The lowest BCUT2D eigenvalue weighted by atomic mass is 10.2. The number of para-hydroxylation sites is 1. The molecular weight excluding hydrogens is 266 g/mol. The van der Waals surface area contributed by atoms with Crippen molar-refractivity contribution >= 4 is 11.6 Å². The van der Waals surface area contributed by atoms with Crippen LogP contribution in [0, 0.1) is 0 Å². The molecule has 5 heteroatoms. The second-order valence-electron chi connectivity index (χ2n) is 5.10. The van der Waals surface area contributed by atoms with Gasteiger partial charge in [-0.2, -0.15) is 0 Å². The minimum atomic E-state index is -0.0773. The molecule has 0 saturated carbocycles. The summed E-state index contributed by atoms with van der Waals surface area (Å²) in [5, 5.41) is 0. The van der Waals surface area contributed by atoms with E-state index in [9.17, 15) is 4.79 Å². The van der Waals surface area contributed by atoms with E-state index in [2.05, 4.69) is 0 Å². The maximum absolute atomic E-state index is 12.7. The lowest BCUT2D eigenvalue weighted by molar-refractivity contribution is 0.0984. The molecule has 0 spiro atoms. The van der Waals surface area contributed by atoms with Crippen LogP contribution in [0.2, 0.25) is 0 Å². The lowest BCUT2D eigenvalue weighted by Crippen LogP contribution is -2.36. The van der Waals surface area contributed by atoms with E-state index in [1.807, 2.05) is 49.3 Å². The minimum absolute atomic E-state index is 0.0773. The van der Waals surface area contributed by atoms with Crippen molar-refractivity contribution < 1.29 is 9.21 Å². The van der Waals surface area contributed by atoms with Crippen molar-refractivity contribution in [1.82, 2.24) is 4.90 Å². The Kier molecular flexibility index (Phi) is 5.14. The second-order valence-corrected chi connectivity index (χ2v) is 5.10. The van der Waals surface area contributed by atoms with E-state index in [4.69, 9.17) is 10.2 Å². The average Bonchev–Trinajstić information content (AvgIpc) is 2.97. The number of carbonyl (C=O) groups excluding carboxylic acids is 1. The van der Waals surface area contributed by atoms with Crippen LogP contribution in [0.15, 0.2) is 47.1 Å². The molecule has 2 N–H and O–H groups in total. The molecule has 1 aromatic carbocycles. The molecule has 0 saturated heterocycles. The molecule has 1 amide bonds. The molecule has 0 fully saturated rings. The van der Waals surface area contributed by atoms with Crippen LogP contribution in [0.5, 0.6) is 0 Å². The Bertz CT molecular complexity index is 578. The van der Waals surface area contributed by atoms with Gasteiger partial charge in [-0.3, -0.25) is 4.79 Å². The van der Waals surface area contributed by atoms with E-state index < -0.39 is 0 Å². The van der Waals surface area contributed by atoms with Crippen molar-refractivity contribution in [2.75, 3.05) is 32.1 Å². The zero-order valence-corrected chi connectivity index (χ0v) is 12.5. The summed E-state index contributed by atoms with van der Waals surface area (Å²) in [5.41, 5.74) is 6.92. The Morgan fingerprint density at radius 3 is 2.48 bits per heavy atom. The van der Waals surface area contributed by atoms with Crippen LogP contribution in [0.4, 0.5) is 5.69 Å². The topological polar surface area (TPSA) is 62.7 Å². The maximum atomic E-state index is 12.7. The third-order valence-electron chi connectivity index (χ3n) is 3.19. The van der Waals surface area contributed by atoms with Crippen LogP contribution >= 0.6 is 0 Å². The van der Waals surface area contributed by atoms with Gasteiger partial charge in [-0.25, -0.2) is 0 Å². The fourth-order valence-electron chi connectivity index (χ4n) is 2.01. The Morgan fingerprint density at radius 2 is 1.90 bits per heavy atom. The van der Waals surface area contributed by atoms with Gasteiger partial charge in [0.25, 0.3) is 5.91 Å². The highest BCUT2D eigenvalue weighted by Crippen LogP contribution is 2.18. The monoisotopic (exact) mass is 287 g/mol. The summed E-state index contributed by atoms with van der Waals surface area (Å²) in [6.07, 6.45) is 1.47. The molecular formula is C16H21N3O2. The number of nitrogens with two attached hydrogens (primary N) is 1. The van der Waals surface area contributed by atoms with E-state index >= 15 is 0 Å². The molecule has 0 atom stereocenters. The van der Waals surface area contributed by atoms with E-state index in [0.29, 0.717) is 17.9 Å². The zero-order chi connectivity index (χ0) is 15.2. The first-order valence-corrected chi connectivity index (χ1v) is 6.91. The van der Waals surface area contributed by atoms with E-state index in [1.165, 1.54) is 6.26 Å². The van der Waals surface area contributed by atoms with Gasteiger partial charge < -0.3 is 20.0 Å². The number of benzene rings is 1. The van der Waals surface area contributed by atoms with Crippen molar-refractivity contribution in [3.8, 4) is 0 Å². The van der Waals surface area contributed by atoms with Gasteiger partial charge in [0.05, 0.1) is 12.1 Å². The molecule has 0 bridgehead atoms. The molecule has 21 heavy (non-hydrogen) atoms. The van der Waals surface area contributed by atoms with Gasteiger partial charge in [0.15, 0.2) is 0 Å². The van der Waals surface area contributed by atoms with Gasteiger partial charge >= 0.3 is 0 Å². The lowest BCUT2D eigenvalue weighted by Gasteiger charge is -2.24. The predicted molar refractivity (Wildman–Crippen MR) is 83.3 cm³/mol. The Labute approximate surface area is 124 Å². The molecule has 1 aromatic heterocycles. The summed E-state index contributed by atoms with van der Waals surface area (Å²) in [4.78, 5) is 16.5. The van der Waals surface area contributed by atoms with Crippen molar-refractivity contribution in [3.05, 3.63) is 54.0 Å². The highest BCUT2D eigenvalue weighted by Gasteiger charge is 2.19. The number of hydrogen-bond acceptors (Lipinski definition) is 4. The third-order valence-corrected chi connectivity index (χ3v) is 3.19. The van der Waals surface area contributed by atoms with Crippen LogP contribution in [0.1, 0.15) is 16.1 Å². The summed E-state index contributed by atoms with van der Waals surface area (Å²) in [6.45, 7) is 1.68. The summed E-state index contributed by atoms with van der Waals surface area (Å²) in [5.74, 6) is 0.533. The number of rotatable bonds is 6. The van der Waals surface area contributed by atoms with Crippen LogP contribution < -0.4 is 10.6 Å². The van der Waals surface area contributed by atoms with Gasteiger partial charge in [0.2, 0.25) is 0 Å². The van der Waals surface area contributed by atoms with Crippen LogP contribution in [0.25, 0.3) is 0 Å². The van der Waals surface area contributed by atoms with E-state index in [0.717, 1.165) is 12.2 Å². The number of furan rings is 1. The van der Waals surface area contributed by atoms with Gasteiger partial charge in [-0.15, -0.1) is 0 Å². The first-order valence-electron chi connectivity index (χ1n) is 6.91. The number of anilines is 1. The molecule has 1 heterocycles. The average molecular weight is 287 g/mol. The van der Waals surface area contributed by atoms with Crippen molar-refractivity contribution in [2.45, 2.75) is 6.54 Å². The van der Waals surface area contributed by atoms with Crippen LogP contribution in [0.3, 0.4) is 0 Å². The predicted octanol–water partition coefficient (Wildman–Crippen LogP) is 1.95. The smallest absolute Gasteiger partial charge is 0.261 e. The number of likely N-dealkylation sites (N-methyl/N-ethyl adjacent to an activating group) is 1. The summed E-state index contributed by atoms with van der Waals surface area (Å²) < 4.78 is 5.26. The Hall–Kier alpha value is -2.11.